The third kappa shape index (κ3) is 4.72. The topological polar surface area (TPSA) is 49.3 Å². The molecule has 1 aromatic carbocycles. The Balaban J connectivity index is 2.90. The minimum atomic E-state index is -4.58. The maximum atomic E-state index is 12.4. The smallest absolute Gasteiger partial charge is 0.369 e. The number of amides is 1. The lowest BCUT2D eigenvalue weighted by molar-refractivity contribution is -0.137. The largest absolute Gasteiger partial charge is 0.416 e. The zero-order chi connectivity index (χ0) is 14.8. The van der Waals surface area contributed by atoms with Crippen molar-refractivity contribution in [2.24, 2.45) is 0 Å². The summed E-state index contributed by atoms with van der Waals surface area (Å²) in [4.78, 5) is 11.6. The molecule has 1 rings (SSSR count). The fourth-order valence-corrected chi connectivity index (χ4v) is 1.29. The van der Waals surface area contributed by atoms with Crippen molar-refractivity contribution in [2.45, 2.75) is 16.2 Å². The molecule has 19 heavy (non-hydrogen) atoms. The molecule has 2 N–H and O–H groups in total. The van der Waals surface area contributed by atoms with E-state index in [4.69, 9.17) is 34.8 Å². The number of aliphatic hydroxyl groups excluding tert-OH is 1. The maximum Gasteiger partial charge on any atom is 0.416 e. The minimum absolute atomic E-state index is 0.317. The van der Waals surface area contributed by atoms with Crippen molar-refractivity contribution < 1.29 is 23.1 Å². The van der Waals surface area contributed by atoms with Gasteiger partial charge in [-0.05, 0) is 18.2 Å². The summed E-state index contributed by atoms with van der Waals surface area (Å²) in [7, 11) is 0. The molecule has 0 aliphatic carbocycles. The van der Waals surface area contributed by atoms with E-state index < -0.39 is 27.7 Å². The molecule has 0 saturated heterocycles. The van der Waals surface area contributed by atoms with Crippen molar-refractivity contribution in [3.8, 4) is 0 Å². The van der Waals surface area contributed by atoms with Gasteiger partial charge >= 0.3 is 6.18 Å². The van der Waals surface area contributed by atoms with Crippen LogP contribution in [0.2, 0.25) is 0 Å². The van der Waals surface area contributed by atoms with Crippen LogP contribution >= 0.6 is 34.8 Å². The van der Waals surface area contributed by atoms with Gasteiger partial charge in [0, 0.05) is 5.56 Å². The first-order chi connectivity index (χ1) is 8.51. The third-order valence-electron chi connectivity index (χ3n) is 2.03. The number of carbonyl (C=O) groups excluding carboxylic acids is 1. The monoisotopic (exact) mass is 335 g/mol. The first kappa shape index (κ1) is 16.4. The average molecular weight is 337 g/mol. The van der Waals surface area contributed by atoms with E-state index in [1.165, 1.54) is 0 Å². The number of halogens is 6. The molecule has 1 aromatic rings. The van der Waals surface area contributed by atoms with E-state index in [2.05, 4.69) is 0 Å². The van der Waals surface area contributed by atoms with Gasteiger partial charge in [-0.2, -0.15) is 13.2 Å². The van der Waals surface area contributed by atoms with Crippen molar-refractivity contribution in [1.29, 1.82) is 0 Å². The van der Waals surface area contributed by atoms with Gasteiger partial charge in [0.05, 0.1) is 5.56 Å². The normalized spacial score (nSPS) is 14.1. The van der Waals surface area contributed by atoms with Crippen LogP contribution in [-0.4, -0.2) is 21.0 Å². The van der Waals surface area contributed by atoms with Crippen LogP contribution in [0, 0.1) is 0 Å². The number of hydrogen-bond acceptors (Lipinski definition) is 2. The van der Waals surface area contributed by atoms with Crippen molar-refractivity contribution in [3.05, 3.63) is 35.4 Å². The Morgan fingerprint density at radius 2 is 1.84 bits per heavy atom. The molecule has 0 aliphatic heterocycles. The van der Waals surface area contributed by atoms with E-state index in [-0.39, 0.29) is 5.56 Å². The fraction of sp³-hybridized carbons (Fsp3) is 0.300. The fourth-order valence-electron chi connectivity index (χ4n) is 1.13. The summed E-state index contributed by atoms with van der Waals surface area (Å²) < 4.78 is 35.1. The van der Waals surface area contributed by atoms with E-state index >= 15 is 0 Å². The molecular weight excluding hydrogens is 329 g/mol. The first-order valence-corrected chi connectivity index (χ1v) is 5.88. The SMILES string of the molecule is O=C(NC(O)C(Cl)(Cl)Cl)c1cccc(C(F)(F)F)c1. The highest BCUT2D eigenvalue weighted by molar-refractivity contribution is 6.68. The maximum absolute atomic E-state index is 12.4. The van der Waals surface area contributed by atoms with Crippen LogP contribution in [0.4, 0.5) is 13.2 Å². The number of carbonyl (C=O) groups is 1. The average Bonchev–Trinajstić information content (AvgIpc) is 2.26. The van der Waals surface area contributed by atoms with Crippen LogP contribution in [0.25, 0.3) is 0 Å². The van der Waals surface area contributed by atoms with Gasteiger partial charge in [-0.1, -0.05) is 40.9 Å². The number of benzene rings is 1. The molecule has 1 atom stereocenters. The van der Waals surface area contributed by atoms with Gasteiger partial charge in [-0.25, -0.2) is 0 Å². The lowest BCUT2D eigenvalue weighted by Gasteiger charge is -2.20. The van der Waals surface area contributed by atoms with Crippen LogP contribution in [0.15, 0.2) is 24.3 Å². The molecule has 1 unspecified atom stereocenters. The first-order valence-electron chi connectivity index (χ1n) is 4.74. The Labute approximate surface area is 121 Å². The highest BCUT2D eigenvalue weighted by Gasteiger charge is 2.33. The highest BCUT2D eigenvalue weighted by atomic mass is 35.6. The van der Waals surface area contributed by atoms with Crippen LogP contribution in [0.5, 0.6) is 0 Å². The lowest BCUT2D eigenvalue weighted by Crippen LogP contribution is -2.43. The van der Waals surface area contributed by atoms with Gasteiger partial charge in [-0.15, -0.1) is 0 Å². The number of alkyl halides is 6. The van der Waals surface area contributed by atoms with Crippen molar-refractivity contribution in [2.75, 3.05) is 0 Å². The van der Waals surface area contributed by atoms with Gasteiger partial charge in [-0.3, -0.25) is 4.79 Å². The molecule has 0 spiro atoms. The van der Waals surface area contributed by atoms with Gasteiger partial charge in [0.1, 0.15) is 0 Å². The van der Waals surface area contributed by atoms with Crippen LogP contribution in [0.3, 0.4) is 0 Å². The highest BCUT2D eigenvalue weighted by Crippen LogP contribution is 2.30. The summed E-state index contributed by atoms with van der Waals surface area (Å²) in [5.41, 5.74) is -1.31. The van der Waals surface area contributed by atoms with Gasteiger partial charge in [0.15, 0.2) is 6.23 Å². The molecule has 106 valence electrons. The molecule has 0 aromatic heterocycles. The second-order valence-electron chi connectivity index (χ2n) is 3.50. The summed E-state index contributed by atoms with van der Waals surface area (Å²) in [5, 5.41) is 11.2. The van der Waals surface area contributed by atoms with Crippen LogP contribution < -0.4 is 5.32 Å². The van der Waals surface area contributed by atoms with E-state index in [0.717, 1.165) is 18.2 Å². The van der Waals surface area contributed by atoms with Gasteiger partial charge < -0.3 is 10.4 Å². The Morgan fingerprint density at radius 1 is 1.26 bits per heavy atom. The summed E-state index contributed by atoms with van der Waals surface area (Å²) in [6.45, 7) is 0. The lowest BCUT2D eigenvalue weighted by atomic mass is 10.1. The molecule has 0 heterocycles. The van der Waals surface area contributed by atoms with Crippen molar-refractivity contribution in [3.63, 3.8) is 0 Å². The molecule has 0 fully saturated rings. The molecule has 9 heteroatoms. The minimum Gasteiger partial charge on any atom is -0.369 e. The number of hydrogen-bond donors (Lipinski definition) is 2. The second-order valence-corrected chi connectivity index (χ2v) is 5.87. The zero-order valence-corrected chi connectivity index (χ0v) is 11.3. The second kappa shape index (κ2) is 5.75. The molecule has 0 bridgehead atoms. The zero-order valence-electron chi connectivity index (χ0n) is 9.01. The molecule has 0 saturated carbocycles. The van der Waals surface area contributed by atoms with Crippen molar-refractivity contribution in [1.82, 2.24) is 5.32 Å². The third-order valence-corrected chi connectivity index (χ3v) is 2.65. The van der Waals surface area contributed by atoms with Gasteiger partial charge in [0.2, 0.25) is 3.79 Å². The van der Waals surface area contributed by atoms with E-state index in [1.807, 2.05) is 5.32 Å². The molecule has 0 aliphatic rings. The quantitative estimate of drug-likeness (QED) is 0.644. The Morgan fingerprint density at radius 3 is 2.32 bits per heavy atom. The summed E-state index contributed by atoms with van der Waals surface area (Å²) in [6, 6.07) is 3.62. The standard InChI is InChI=1S/C10H7Cl3F3NO2/c11-9(12,13)8(19)17-7(18)5-2-1-3-6(4-5)10(14,15)16/h1-4,8,19H,(H,17,18). The Hall–Kier alpha value is -0.690. The van der Waals surface area contributed by atoms with Crippen LogP contribution in [-0.2, 0) is 6.18 Å². The summed E-state index contributed by atoms with van der Waals surface area (Å²) >= 11 is 15.9. The Bertz CT molecular complexity index is 474. The predicted molar refractivity (Wildman–Crippen MR) is 65.2 cm³/mol. The van der Waals surface area contributed by atoms with Crippen molar-refractivity contribution >= 4 is 40.7 Å². The van der Waals surface area contributed by atoms with Gasteiger partial charge in [0.25, 0.3) is 5.91 Å². The number of rotatable bonds is 2. The number of nitrogens with one attached hydrogen (secondary N) is 1. The van der Waals surface area contributed by atoms with E-state index in [1.54, 1.807) is 0 Å². The molecule has 0 radical (unpaired) electrons. The summed E-state index contributed by atoms with van der Waals surface area (Å²) in [6.07, 6.45) is -6.43. The number of aliphatic hydroxyl groups is 1. The summed E-state index contributed by atoms with van der Waals surface area (Å²) in [5.74, 6) is -0.995. The predicted octanol–water partition coefficient (Wildman–Crippen LogP) is 3.12. The molecule has 1 amide bonds. The Kier molecular flexibility index (Phi) is 4.95. The molecule has 3 nitrogen and oxygen atoms in total. The molecular formula is C10H7Cl3F3NO2. The van der Waals surface area contributed by atoms with E-state index in [9.17, 15) is 23.1 Å². The van der Waals surface area contributed by atoms with Crippen LogP contribution in [0.1, 0.15) is 15.9 Å². The van der Waals surface area contributed by atoms with E-state index in [0.29, 0.717) is 6.07 Å².